The molecule has 0 aromatic heterocycles. The smallest absolute Gasteiger partial charge is 0.165 e. The van der Waals surface area contributed by atoms with Gasteiger partial charge in [-0.3, -0.25) is 0 Å². The van der Waals surface area contributed by atoms with Crippen molar-refractivity contribution in [1.82, 2.24) is 5.32 Å². The Kier molecular flexibility index (Phi) is 4.09. The van der Waals surface area contributed by atoms with E-state index in [1.165, 1.54) is 0 Å². The van der Waals surface area contributed by atoms with Gasteiger partial charge >= 0.3 is 0 Å². The third-order valence-electron chi connectivity index (χ3n) is 3.88. The molecule has 0 bridgehead atoms. The Morgan fingerprint density at radius 2 is 2.05 bits per heavy atom. The minimum atomic E-state index is -0.514. The second-order valence-corrected chi connectivity index (χ2v) is 6.03. The molecule has 0 aliphatic heterocycles. The molecule has 19 heavy (non-hydrogen) atoms. The summed E-state index contributed by atoms with van der Waals surface area (Å²) in [4.78, 5) is 0. The molecule has 0 radical (unpaired) electrons. The lowest BCUT2D eigenvalue weighted by atomic mass is 9.74. The molecule has 1 fully saturated rings. The van der Waals surface area contributed by atoms with Gasteiger partial charge in [-0.05, 0) is 43.9 Å². The van der Waals surface area contributed by atoms with Crippen molar-refractivity contribution in [2.45, 2.75) is 45.3 Å². The maximum absolute atomic E-state index is 13.6. The van der Waals surface area contributed by atoms with Crippen LogP contribution in [0.1, 0.15) is 33.1 Å². The summed E-state index contributed by atoms with van der Waals surface area (Å²) in [5, 5.41) is 3.20. The Morgan fingerprint density at radius 1 is 1.32 bits per heavy atom. The molecule has 1 aliphatic rings. The van der Waals surface area contributed by atoms with Gasteiger partial charge in [0.25, 0.3) is 0 Å². The van der Waals surface area contributed by atoms with Gasteiger partial charge in [-0.25, -0.2) is 8.78 Å². The second-order valence-electron chi connectivity index (χ2n) is 6.03. The summed E-state index contributed by atoms with van der Waals surface area (Å²) < 4.78 is 32.5. The molecule has 106 valence electrons. The van der Waals surface area contributed by atoms with E-state index in [1.807, 2.05) is 7.05 Å². The zero-order valence-corrected chi connectivity index (χ0v) is 11.7. The molecule has 1 aromatic rings. The third-order valence-corrected chi connectivity index (χ3v) is 3.88. The van der Waals surface area contributed by atoms with Gasteiger partial charge in [0.05, 0.1) is 0 Å². The third kappa shape index (κ3) is 3.44. The molecule has 1 aromatic carbocycles. The molecule has 2 nitrogen and oxygen atoms in total. The van der Waals surface area contributed by atoms with Gasteiger partial charge in [0, 0.05) is 12.1 Å². The number of hydrogen-bond donors (Lipinski definition) is 1. The van der Waals surface area contributed by atoms with E-state index in [1.54, 1.807) is 0 Å². The highest BCUT2D eigenvalue weighted by molar-refractivity contribution is 5.25. The SMILES string of the molecule is CNC1CCC(C)(C)CC1Oc1cc(F)ccc1F. The summed E-state index contributed by atoms with van der Waals surface area (Å²) in [5.74, 6) is -0.991. The highest BCUT2D eigenvalue weighted by atomic mass is 19.1. The maximum Gasteiger partial charge on any atom is 0.165 e. The predicted molar refractivity (Wildman–Crippen MR) is 71.3 cm³/mol. The normalized spacial score (nSPS) is 26.2. The quantitative estimate of drug-likeness (QED) is 0.906. The van der Waals surface area contributed by atoms with Gasteiger partial charge < -0.3 is 10.1 Å². The lowest BCUT2D eigenvalue weighted by Crippen LogP contribution is -2.47. The van der Waals surface area contributed by atoms with Crippen molar-refractivity contribution in [2.24, 2.45) is 5.41 Å². The number of likely N-dealkylation sites (N-methyl/N-ethyl adjacent to an activating group) is 1. The fourth-order valence-electron chi connectivity index (χ4n) is 2.71. The van der Waals surface area contributed by atoms with E-state index in [0.29, 0.717) is 0 Å². The van der Waals surface area contributed by atoms with E-state index in [-0.39, 0.29) is 23.3 Å². The zero-order chi connectivity index (χ0) is 14.0. The van der Waals surface area contributed by atoms with Gasteiger partial charge in [-0.15, -0.1) is 0 Å². The van der Waals surface area contributed by atoms with E-state index in [9.17, 15) is 8.78 Å². The molecular weight excluding hydrogens is 248 g/mol. The largest absolute Gasteiger partial charge is 0.486 e. The van der Waals surface area contributed by atoms with Crippen LogP contribution in [0.25, 0.3) is 0 Å². The molecule has 2 unspecified atom stereocenters. The van der Waals surface area contributed by atoms with Crippen LogP contribution in [0.3, 0.4) is 0 Å². The van der Waals surface area contributed by atoms with Crippen LogP contribution in [0, 0.1) is 17.0 Å². The van der Waals surface area contributed by atoms with E-state index in [4.69, 9.17) is 4.74 Å². The first-order valence-corrected chi connectivity index (χ1v) is 6.70. The fourth-order valence-corrected chi connectivity index (χ4v) is 2.71. The first-order chi connectivity index (χ1) is 8.91. The maximum atomic E-state index is 13.6. The first-order valence-electron chi connectivity index (χ1n) is 6.70. The number of hydrogen-bond acceptors (Lipinski definition) is 2. The van der Waals surface area contributed by atoms with Gasteiger partial charge in [0.15, 0.2) is 11.6 Å². The number of benzene rings is 1. The average Bonchev–Trinajstić information content (AvgIpc) is 2.33. The van der Waals surface area contributed by atoms with Gasteiger partial charge in [-0.1, -0.05) is 13.8 Å². The van der Waals surface area contributed by atoms with Crippen molar-refractivity contribution in [3.8, 4) is 5.75 Å². The minimum absolute atomic E-state index is 0.00273. The van der Waals surface area contributed by atoms with Gasteiger partial charge in [-0.2, -0.15) is 0 Å². The van der Waals surface area contributed by atoms with Gasteiger partial charge in [0.2, 0.25) is 0 Å². The first kappa shape index (κ1) is 14.3. The van der Waals surface area contributed by atoms with Crippen molar-refractivity contribution in [3.05, 3.63) is 29.8 Å². The summed E-state index contributed by atoms with van der Waals surface area (Å²) >= 11 is 0. The number of nitrogens with one attached hydrogen (secondary N) is 1. The molecular formula is C15H21F2NO. The van der Waals surface area contributed by atoms with Crippen molar-refractivity contribution < 1.29 is 13.5 Å². The number of ether oxygens (including phenoxy) is 1. The molecule has 1 aliphatic carbocycles. The van der Waals surface area contributed by atoms with Crippen LogP contribution in [0.4, 0.5) is 8.78 Å². The van der Waals surface area contributed by atoms with Crippen LogP contribution in [0.15, 0.2) is 18.2 Å². The Hall–Kier alpha value is -1.16. The molecule has 0 heterocycles. The molecule has 2 rings (SSSR count). The van der Waals surface area contributed by atoms with Crippen LogP contribution < -0.4 is 10.1 Å². The summed E-state index contributed by atoms with van der Waals surface area (Å²) in [6.07, 6.45) is 2.77. The lowest BCUT2D eigenvalue weighted by Gasteiger charge is -2.40. The zero-order valence-electron chi connectivity index (χ0n) is 11.7. The van der Waals surface area contributed by atoms with Gasteiger partial charge in [0.1, 0.15) is 11.9 Å². The molecule has 0 amide bonds. The number of rotatable bonds is 3. The highest BCUT2D eigenvalue weighted by Gasteiger charge is 2.35. The molecule has 4 heteroatoms. The monoisotopic (exact) mass is 269 g/mol. The summed E-state index contributed by atoms with van der Waals surface area (Å²) in [5.41, 5.74) is 0.168. The predicted octanol–water partition coefficient (Wildman–Crippen LogP) is 3.51. The molecule has 1 saturated carbocycles. The summed E-state index contributed by atoms with van der Waals surface area (Å²) in [6, 6.07) is 3.50. The summed E-state index contributed by atoms with van der Waals surface area (Å²) in [6.45, 7) is 4.36. The van der Waals surface area contributed by atoms with Crippen LogP contribution in [0.5, 0.6) is 5.75 Å². The van der Waals surface area contributed by atoms with E-state index in [2.05, 4.69) is 19.2 Å². The fraction of sp³-hybridized carbons (Fsp3) is 0.600. The van der Waals surface area contributed by atoms with Crippen molar-refractivity contribution >= 4 is 0 Å². The van der Waals surface area contributed by atoms with Crippen LogP contribution in [-0.2, 0) is 0 Å². The van der Waals surface area contributed by atoms with Crippen molar-refractivity contribution in [1.29, 1.82) is 0 Å². The topological polar surface area (TPSA) is 21.3 Å². The van der Waals surface area contributed by atoms with Crippen LogP contribution in [-0.4, -0.2) is 19.2 Å². The van der Waals surface area contributed by atoms with Crippen LogP contribution >= 0.6 is 0 Å². The number of halogens is 2. The van der Waals surface area contributed by atoms with E-state index < -0.39 is 11.6 Å². The Balaban J connectivity index is 2.16. The average molecular weight is 269 g/mol. The molecule has 1 N–H and O–H groups in total. The lowest BCUT2D eigenvalue weighted by molar-refractivity contribution is 0.0528. The Bertz CT molecular complexity index is 448. The Morgan fingerprint density at radius 3 is 2.74 bits per heavy atom. The van der Waals surface area contributed by atoms with E-state index >= 15 is 0 Å². The van der Waals surface area contributed by atoms with E-state index in [0.717, 1.165) is 37.5 Å². The molecule has 2 atom stereocenters. The minimum Gasteiger partial charge on any atom is -0.486 e. The van der Waals surface area contributed by atoms with Crippen molar-refractivity contribution in [2.75, 3.05) is 7.05 Å². The summed E-state index contributed by atoms with van der Waals surface area (Å²) in [7, 11) is 1.88. The highest BCUT2D eigenvalue weighted by Crippen LogP contribution is 2.37. The van der Waals surface area contributed by atoms with Crippen molar-refractivity contribution in [3.63, 3.8) is 0 Å². The van der Waals surface area contributed by atoms with Crippen LogP contribution in [0.2, 0.25) is 0 Å². The standard InChI is InChI=1S/C15H21F2NO/c1-15(2)7-6-12(18-3)14(9-15)19-13-8-10(16)4-5-11(13)17/h4-5,8,12,14,18H,6-7,9H2,1-3H3. The molecule has 0 spiro atoms. The molecule has 0 saturated heterocycles. The Labute approximate surface area is 113 Å². The second kappa shape index (κ2) is 5.45.